The van der Waals surface area contributed by atoms with Crippen LogP contribution in [-0.2, 0) is 0 Å². The maximum absolute atomic E-state index is 7.56. The van der Waals surface area contributed by atoms with E-state index in [0.717, 1.165) is 0 Å². The number of aliphatic hydroxyl groups excluding tert-OH is 2. The van der Waals surface area contributed by atoms with E-state index in [-0.39, 0.29) is 0 Å². The molecule has 6 heteroatoms. The van der Waals surface area contributed by atoms with Gasteiger partial charge in [-0.25, -0.2) is 0 Å². The van der Waals surface area contributed by atoms with Crippen molar-refractivity contribution < 1.29 is 10.2 Å². The van der Waals surface area contributed by atoms with E-state index in [1.165, 1.54) is 0 Å². The van der Waals surface area contributed by atoms with Gasteiger partial charge in [0, 0.05) is 0 Å². The Kier molecular flexibility index (Phi) is 24.1. The number of thiocarbonyl (C=S) groups is 2. The third kappa shape index (κ3) is 80.1. The van der Waals surface area contributed by atoms with E-state index in [1.807, 2.05) is 50.2 Å². The number of rotatable bonds is 0. The Morgan fingerprint density at radius 1 is 0.750 bits per heavy atom. The van der Waals surface area contributed by atoms with Crippen molar-refractivity contribution in [3.63, 3.8) is 0 Å². The van der Waals surface area contributed by atoms with Crippen LogP contribution in [0.5, 0.6) is 0 Å². The molecule has 0 heterocycles. The molecule has 0 aromatic heterocycles. The van der Waals surface area contributed by atoms with E-state index >= 15 is 0 Å². The Bertz CT molecular complexity index is 210. The molecule has 0 aliphatic rings. The molecular formula is C10H18N2O2S2. The Morgan fingerprint density at radius 3 is 0.875 bits per heavy atom. The standard InChI is InChI=1S/C6H6.C2H6.2CH3NOS/c1-2-4-6-5-3-1;1-2;2*2-1(3)4/h1-6H;1-2H3;2*(H3,2,3,4). The molecule has 0 radical (unpaired) electrons. The molecule has 0 saturated heterocycles. The lowest BCUT2D eigenvalue weighted by Crippen LogP contribution is -2.03. The topological polar surface area (TPSA) is 92.5 Å². The van der Waals surface area contributed by atoms with Crippen LogP contribution in [0, 0.1) is 0 Å². The largest absolute Gasteiger partial charge is 0.487 e. The Morgan fingerprint density at radius 2 is 0.812 bits per heavy atom. The SMILES string of the molecule is CC.NC(O)=S.NC(O)=S.c1ccccc1. The van der Waals surface area contributed by atoms with Crippen molar-refractivity contribution in [2.75, 3.05) is 0 Å². The molecule has 0 bridgehead atoms. The van der Waals surface area contributed by atoms with Crippen LogP contribution in [0.25, 0.3) is 0 Å². The molecule has 0 fully saturated rings. The molecule has 16 heavy (non-hydrogen) atoms. The Hall–Kier alpha value is -1.40. The summed E-state index contributed by atoms with van der Waals surface area (Å²) in [6, 6.07) is 12.0. The molecule has 0 aliphatic carbocycles. The lowest BCUT2D eigenvalue weighted by Gasteiger charge is -1.69. The molecule has 1 aromatic carbocycles. The van der Waals surface area contributed by atoms with Gasteiger partial charge in [-0.1, -0.05) is 50.2 Å². The van der Waals surface area contributed by atoms with E-state index in [2.05, 4.69) is 35.9 Å². The fourth-order valence-electron chi connectivity index (χ4n) is 0.385. The molecule has 0 amide bonds. The van der Waals surface area contributed by atoms with Crippen molar-refractivity contribution >= 4 is 34.8 Å². The van der Waals surface area contributed by atoms with Crippen molar-refractivity contribution in [2.45, 2.75) is 13.8 Å². The second-order valence-electron chi connectivity index (χ2n) is 1.83. The molecular weight excluding hydrogens is 244 g/mol. The fourth-order valence-corrected chi connectivity index (χ4v) is 0.385. The predicted molar refractivity (Wildman–Crippen MR) is 76.6 cm³/mol. The molecule has 4 nitrogen and oxygen atoms in total. The van der Waals surface area contributed by atoms with Gasteiger partial charge in [0.15, 0.2) is 0 Å². The third-order valence-electron chi connectivity index (χ3n) is 0.667. The smallest absolute Gasteiger partial charge is 0.251 e. The summed E-state index contributed by atoms with van der Waals surface area (Å²) in [5.41, 5.74) is 8.80. The minimum atomic E-state index is -0.500. The summed E-state index contributed by atoms with van der Waals surface area (Å²) in [5, 5.41) is 14.1. The first-order valence-corrected chi connectivity index (χ1v) is 5.25. The number of aliphatic hydroxyl groups is 2. The van der Waals surface area contributed by atoms with Crippen LogP contribution in [0.3, 0.4) is 0 Å². The summed E-state index contributed by atoms with van der Waals surface area (Å²) < 4.78 is 0. The first-order valence-electron chi connectivity index (χ1n) is 4.43. The van der Waals surface area contributed by atoms with Crippen LogP contribution >= 0.6 is 24.4 Å². The van der Waals surface area contributed by atoms with Gasteiger partial charge in [-0.3, -0.25) is 0 Å². The van der Waals surface area contributed by atoms with Gasteiger partial charge in [0.2, 0.25) is 0 Å². The highest BCUT2D eigenvalue weighted by atomic mass is 32.1. The molecule has 0 aliphatic heterocycles. The molecule has 1 rings (SSSR count). The second kappa shape index (κ2) is 19.2. The molecule has 6 N–H and O–H groups in total. The fraction of sp³-hybridized carbons (Fsp3) is 0.200. The predicted octanol–water partition coefficient (Wildman–Crippen LogP) is 2.29. The maximum atomic E-state index is 7.56. The summed E-state index contributed by atoms with van der Waals surface area (Å²) in [4.78, 5) is 0. The summed E-state index contributed by atoms with van der Waals surface area (Å²) in [7, 11) is 0. The Balaban J connectivity index is -0.000000152. The van der Waals surface area contributed by atoms with Crippen molar-refractivity contribution in [2.24, 2.45) is 11.5 Å². The van der Waals surface area contributed by atoms with Crippen molar-refractivity contribution in [1.29, 1.82) is 0 Å². The normalized spacial score (nSPS) is 6.38. The zero-order valence-corrected chi connectivity index (χ0v) is 11.0. The van der Waals surface area contributed by atoms with E-state index in [9.17, 15) is 0 Å². The number of hydrogen-bond acceptors (Lipinski definition) is 2. The van der Waals surface area contributed by atoms with Crippen LogP contribution in [0.15, 0.2) is 36.4 Å². The molecule has 0 unspecified atom stereocenters. The van der Waals surface area contributed by atoms with Gasteiger partial charge in [-0.05, 0) is 24.4 Å². The van der Waals surface area contributed by atoms with Crippen LogP contribution in [0.4, 0.5) is 0 Å². The first-order chi connectivity index (χ1) is 7.46. The van der Waals surface area contributed by atoms with E-state index in [0.29, 0.717) is 0 Å². The third-order valence-corrected chi connectivity index (χ3v) is 0.667. The maximum Gasteiger partial charge on any atom is 0.251 e. The summed E-state index contributed by atoms with van der Waals surface area (Å²) >= 11 is 7.74. The van der Waals surface area contributed by atoms with Crippen LogP contribution in [0.2, 0.25) is 0 Å². The molecule has 1 aromatic rings. The molecule has 0 saturated carbocycles. The van der Waals surface area contributed by atoms with Gasteiger partial charge >= 0.3 is 0 Å². The van der Waals surface area contributed by atoms with Gasteiger partial charge in [-0.2, -0.15) is 0 Å². The van der Waals surface area contributed by atoms with Crippen LogP contribution < -0.4 is 11.5 Å². The average Bonchev–Trinajstić information content (AvgIpc) is 2.22. The molecule has 0 atom stereocenters. The summed E-state index contributed by atoms with van der Waals surface area (Å²) in [6.45, 7) is 4.00. The van der Waals surface area contributed by atoms with Gasteiger partial charge in [0.05, 0.1) is 0 Å². The zero-order valence-electron chi connectivity index (χ0n) is 9.33. The van der Waals surface area contributed by atoms with Crippen LogP contribution in [-0.4, -0.2) is 20.6 Å². The van der Waals surface area contributed by atoms with Gasteiger partial charge in [0.1, 0.15) is 0 Å². The highest BCUT2D eigenvalue weighted by molar-refractivity contribution is 7.80. The lowest BCUT2D eigenvalue weighted by molar-refractivity contribution is 0.559. The highest BCUT2D eigenvalue weighted by Gasteiger charge is 1.58. The first kappa shape index (κ1) is 20.1. The quantitative estimate of drug-likeness (QED) is 0.536. The van der Waals surface area contributed by atoms with Crippen molar-refractivity contribution in [3.8, 4) is 0 Å². The minimum Gasteiger partial charge on any atom is -0.487 e. The summed E-state index contributed by atoms with van der Waals surface area (Å²) in [6.07, 6.45) is 0. The molecule has 0 spiro atoms. The monoisotopic (exact) mass is 262 g/mol. The second-order valence-corrected chi connectivity index (χ2v) is 2.67. The average molecular weight is 262 g/mol. The zero-order chi connectivity index (χ0) is 13.4. The number of nitrogens with two attached hydrogens (primary N) is 2. The highest BCUT2D eigenvalue weighted by Crippen LogP contribution is 1.79. The van der Waals surface area contributed by atoms with E-state index in [4.69, 9.17) is 10.2 Å². The van der Waals surface area contributed by atoms with E-state index in [1.54, 1.807) is 0 Å². The van der Waals surface area contributed by atoms with Gasteiger partial charge < -0.3 is 21.7 Å². The van der Waals surface area contributed by atoms with Crippen LogP contribution in [0.1, 0.15) is 13.8 Å². The lowest BCUT2D eigenvalue weighted by atomic mass is 10.4. The number of benzene rings is 1. The molecule has 92 valence electrons. The van der Waals surface area contributed by atoms with Crippen molar-refractivity contribution in [3.05, 3.63) is 36.4 Å². The summed E-state index contributed by atoms with van der Waals surface area (Å²) in [5.74, 6) is 0. The van der Waals surface area contributed by atoms with Gasteiger partial charge in [0.25, 0.3) is 10.3 Å². The number of hydrogen-bond donors (Lipinski definition) is 4. The van der Waals surface area contributed by atoms with Gasteiger partial charge in [-0.15, -0.1) is 0 Å². The van der Waals surface area contributed by atoms with Crippen molar-refractivity contribution in [1.82, 2.24) is 0 Å². The minimum absolute atomic E-state index is 0.500. The van der Waals surface area contributed by atoms with E-state index < -0.39 is 10.3 Å². The Labute approximate surface area is 107 Å².